The molecule has 168 valence electrons. The van der Waals surface area contributed by atoms with E-state index in [0.29, 0.717) is 12.0 Å². The molecule has 0 radical (unpaired) electrons. The van der Waals surface area contributed by atoms with E-state index in [-0.39, 0.29) is 0 Å². The zero-order valence-electron chi connectivity index (χ0n) is 19.3. The molecule has 3 aromatic rings. The van der Waals surface area contributed by atoms with E-state index in [4.69, 9.17) is 9.97 Å². The molecule has 5 rings (SSSR count). The molecule has 0 saturated heterocycles. The van der Waals surface area contributed by atoms with E-state index in [1.807, 2.05) is 19.3 Å². The van der Waals surface area contributed by atoms with Gasteiger partial charge in [0.25, 0.3) is 0 Å². The highest BCUT2D eigenvalue weighted by Gasteiger charge is 2.28. The van der Waals surface area contributed by atoms with Crippen LogP contribution in [-0.4, -0.2) is 44.1 Å². The van der Waals surface area contributed by atoms with Crippen LogP contribution in [0.2, 0.25) is 0 Å². The van der Waals surface area contributed by atoms with Gasteiger partial charge in [-0.25, -0.2) is 9.97 Å². The molecule has 2 N–H and O–H groups in total. The summed E-state index contributed by atoms with van der Waals surface area (Å²) in [5.41, 5.74) is 4.50. The van der Waals surface area contributed by atoms with Gasteiger partial charge in [-0.3, -0.25) is 0 Å². The molecule has 3 heterocycles. The van der Waals surface area contributed by atoms with Crippen LogP contribution < -0.4 is 10.6 Å². The zero-order valence-corrected chi connectivity index (χ0v) is 19.3. The highest BCUT2D eigenvalue weighted by atomic mass is 15.2. The summed E-state index contributed by atoms with van der Waals surface area (Å²) >= 11 is 0. The van der Waals surface area contributed by atoms with E-state index < -0.39 is 0 Å². The van der Waals surface area contributed by atoms with Gasteiger partial charge >= 0.3 is 0 Å². The first-order chi connectivity index (χ1) is 15.6. The Morgan fingerprint density at radius 3 is 2.72 bits per heavy atom. The van der Waals surface area contributed by atoms with E-state index in [2.05, 4.69) is 63.3 Å². The fourth-order valence-corrected chi connectivity index (χ4v) is 5.10. The summed E-state index contributed by atoms with van der Waals surface area (Å²) in [6.45, 7) is 6.24. The lowest BCUT2D eigenvalue weighted by atomic mass is 10.00. The Kier molecular flexibility index (Phi) is 5.83. The molecule has 32 heavy (non-hydrogen) atoms. The number of hydrogen-bond donors (Lipinski definition) is 2. The highest BCUT2D eigenvalue weighted by molar-refractivity contribution is 5.59. The third-order valence-corrected chi connectivity index (χ3v) is 6.98. The van der Waals surface area contributed by atoms with Crippen LogP contribution in [0.15, 0.2) is 36.7 Å². The lowest BCUT2D eigenvalue weighted by Gasteiger charge is -2.29. The van der Waals surface area contributed by atoms with Crippen molar-refractivity contribution >= 4 is 17.5 Å². The molecular formula is C25H33N7. The van der Waals surface area contributed by atoms with Gasteiger partial charge in [-0.05, 0) is 57.0 Å². The number of benzene rings is 1. The van der Waals surface area contributed by atoms with E-state index in [1.54, 1.807) is 0 Å². The topological polar surface area (TPSA) is 70.9 Å². The van der Waals surface area contributed by atoms with Crippen molar-refractivity contribution in [3.05, 3.63) is 53.7 Å². The predicted molar refractivity (Wildman–Crippen MR) is 129 cm³/mol. The number of rotatable bonds is 6. The normalized spacial score (nSPS) is 20.8. The molecule has 1 saturated carbocycles. The number of likely N-dealkylation sites (N-methyl/N-ethyl adjacent to an activating group) is 1. The maximum atomic E-state index is 4.96. The second-order valence-electron chi connectivity index (χ2n) is 9.18. The quantitative estimate of drug-likeness (QED) is 0.590. The van der Waals surface area contributed by atoms with Gasteiger partial charge in [-0.2, -0.15) is 4.98 Å². The van der Waals surface area contributed by atoms with Gasteiger partial charge in [0.15, 0.2) is 0 Å². The maximum absolute atomic E-state index is 4.96. The first-order valence-corrected chi connectivity index (χ1v) is 11.8. The molecule has 1 aliphatic heterocycles. The maximum Gasteiger partial charge on any atom is 0.229 e. The van der Waals surface area contributed by atoms with Crippen molar-refractivity contribution in [2.75, 3.05) is 24.2 Å². The van der Waals surface area contributed by atoms with Crippen molar-refractivity contribution in [3.8, 4) is 5.69 Å². The van der Waals surface area contributed by atoms with Crippen molar-refractivity contribution in [3.63, 3.8) is 0 Å². The van der Waals surface area contributed by atoms with E-state index >= 15 is 0 Å². The lowest BCUT2D eigenvalue weighted by molar-refractivity contribution is 0.309. The number of imidazole rings is 1. The van der Waals surface area contributed by atoms with Crippen molar-refractivity contribution in [2.45, 2.75) is 58.5 Å². The van der Waals surface area contributed by atoms with E-state index in [1.165, 1.54) is 36.9 Å². The number of fused-ring (bicyclic) bond motifs is 1. The van der Waals surface area contributed by atoms with Gasteiger partial charge in [-0.15, -0.1) is 0 Å². The second-order valence-corrected chi connectivity index (χ2v) is 9.18. The fraction of sp³-hybridized carbons (Fsp3) is 0.480. The SMILES string of the molecule is CCC1CCC[C@H]1Nc1nc(Nc2ccc(-n3ccnc3C)cc2)nc2c1CN(C)CC2. The number of anilines is 3. The molecule has 2 aliphatic rings. The summed E-state index contributed by atoms with van der Waals surface area (Å²) in [7, 11) is 2.17. The molecule has 0 spiro atoms. The van der Waals surface area contributed by atoms with Gasteiger partial charge in [0.05, 0.1) is 5.69 Å². The van der Waals surface area contributed by atoms with Crippen molar-refractivity contribution < 1.29 is 0 Å². The highest BCUT2D eigenvalue weighted by Crippen LogP contribution is 2.33. The Bertz CT molecular complexity index is 1070. The van der Waals surface area contributed by atoms with Gasteiger partial charge < -0.3 is 20.1 Å². The van der Waals surface area contributed by atoms with Crippen LogP contribution in [-0.2, 0) is 13.0 Å². The summed E-state index contributed by atoms with van der Waals surface area (Å²) in [6.07, 6.45) is 9.82. The van der Waals surface area contributed by atoms with Gasteiger partial charge in [-0.1, -0.05) is 19.8 Å². The summed E-state index contributed by atoms with van der Waals surface area (Å²) in [5, 5.41) is 7.26. The average molecular weight is 432 g/mol. The van der Waals surface area contributed by atoms with Gasteiger partial charge in [0.2, 0.25) is 5.95 Å². The molecule has 2 aromatic heterocycles. The van der Waals surface area contributed by atoms with Crippen molar-refractivity contribution in [1.82, 2.24) is 24.4 Å². The summed E-state index contributed by atoms with van der Waals surface area (Å²) < 4.78 is 2.07. The van der Waals surface area contributed by atoms with Crippen molar-refractivity contribution in [2.24, 2.45) is 5.92 Å². The smallest absolute Gasteiger partial charge is 0.229 e. The number of nitrogens with zero attached hydrogens (tertiary/aromatic N) is 5. The van der Waals surface area contributed by atoms with Crippen LogP contribution in [0.1, 0.15) is 49.7 Å². The van der Waals surface area contributed by atoms with Crippen LogP contribution in [0.25, 0.3) is 5.69 Å². The van der Waals surface area contributed by atoms with Crippen molar-refractivity contribution in [1.29, 1.82) is 0 Å². The van der Waals surface area contributed by atoms with Gasteiger partial charge in [0.1, 0.15) is 11.6 Å². The Hall–Kier alpha value is -2.93. The van der Waals surface area contributed by atoms with Crippen LogP contribution in [0.5, 0.6) is 0 Å². The van der Waals surface area contributed by atoms with Crippen LogP contribution >= 0.6 is 0 Å². The summed E-state index contributed by atoms with van der Waals surface area (Å²) in [6, 6.07) is 8.84. The monoisotopic (exact) mass is 431 g/mol. The zero-order chi connectivity index (χ0) is 22.1. The minimum Gasteiger partial charge on any atom is -0.367 e. The molecule has 0 bridgehead atoms. The number of nitrogens with one attached hydrogen (secondary N) is 2. The number of aryl methyl sites for hydroxylation is 1. The third-order valence-electron chi connectivity index (χ3n) is 6.98. The Morgan fingerprint density at radius 1 is 1.12 bits per heavy atom. The number of hydrogen-bond acceptors (Lipinski definition) is 6. The standard InChI is InChI=1S/C25H33N7/c1-4-18-6-5-7-22(18)28-24-21-16-31(3)14-12-23(21)29-25(30-24)27-19-8-10-20(11-9-19)32-15-13-26-17(32)2/h8-11,13,15,18,22H,4-7,12,14,16H2,1-3H3,(H2,27,28,29,30)/t18?,22-/m1/s1. The molecule has 0 amide bonds. The van der Waals surface area contributed by atoms with E-state index in [9.17, 15) is 0 Å². The molecule has 1 unspecified atom stereocenters. The van der Waals surface area contributed by atoms with Crippen LogP contribution in [0.3, 0.4) is 0 Å². The largest absolute Gasteiger partial charge is 0.367 e. The Morgan fingerprint density at radius 2 is 1.97 bits per heavy atom. The summed E-state index contributed by atoms with van der Waals surface area (Å²) in [5.74, 6) is 3.40. The average Bonchev–Trinajstić information content (AvgIpc) is 3.43. The number of aromatic nitrogens is 4. The van der Waals surface area contributed by atoms with Crippen LogP contribution in [0, 0.1) is 12.8 Å². The first kappa shape index (κ1) is 20.9. The second kappa shape index (κ2) is 8.90. The molecule has 2 atom stereocenters. The summed E-state index contributed by atoms with van der Waals surface area (Å²) in [4.78, 5) is 16.5. The van der Waals surface area contributed by atoms with E-state index in [0.717, 1.165) is 48.4 Å². The molecule has 7 heteroatoms. The minimum atomic E-state index is 0.511. The minimum absolute atomic E-state index is 0.511. The first-order valence-electron chi connectivity index (χ1n) is 11.8. The molecule has 1 fully saturated rings. The molecule has 1 aromatic carbocycles. The molecular weight excluding hydrogens is 398 g/mol. The Labute approximate surface area is 190 Å². The fourth-order valence-electron chi connectivity index (χ4n) is 5.10. The van der Waals surface area contributed by atoms with Crippen LogP contribution in [0.4, 0.5) is 17.5 Å². The molecule has 7 nitrogen and oxygen atoms in total. The molecule has 1 aliphatic carbocycles. The Balaban J connectivity index is 1.41. The third kappa shape index (κ3) is 4.21. The predicted octanol–water partition coefficient (Wildman–Crippen LogP) is 4.69. The lowest BCUT2D eigenvalue weighted by Crippen LogP contribution is -2.31. The van der Waals surface area contributed by atoms with Gasteiger partial charge in [0, 0.05) is 54.9 Å².